The van der Waals surface area contributed by atoms with Crippen LogP contribution in [0.4, 0.5) is 4.39 Å². The number of benzene rings is 1. The van der Waals surface area contributed by atoms with Gasteiger partial charge in [0.15, 0.2) is 0 Å². The van der Waals surface area contributed by atoms with E-state index in [0.717, 1.165) is 25.9 Å². The van der Waals surface area contributed by atoms with Gasteiger partial charge in [-0.1, -0.05) is 18.2 Å². The average Bonchev–Trinajstić information content (AvgIpc) is 2.60. The number of hydrogen-bond donors (Lipinski definition) is 1. The number of H-pyrrole nitrogens is 1. The maximum atomic E-state index is 13.5. The first-order valence-electron chi connectivity index (χ1n) is 8.28. The summed E-state index contributed by atoms with van der Waals surface area (Å²) >= 11 is 0. The highest BCUT2D eigenvalue weighted by molar-refractivity contribution is 5.16. The van der Waals surface area contributed by atoms with Crippen LogP contribution in [0.2, 0.25) is 0 Å². The summed E-state index contributed by atoms with van der Waals surface area (Å²) in [7, 11) is 0. The molecule has 0 spiro atoms. The summed E-state index contributed by atoms with van der Waals surface area (Å²) in [4.78, 5) is 20.7. The molecule has 0 unspecified atom stereocenters. The molecular formula is C18H22FN3O2. The summed E-state index contributed by atoms with van der Waals surface area (Å²) in [6.45, 7) is 3.38. The Morgan fingerprint density at radius 3 is 2.83 bits per heavy atom. The lowest BCUT2D eigenvalue weighted by Crippen LogP contribution is -2.36. The molecule has 128 valence electrons. The van der Waals surface area contributed by atoms with Gasteiger partial charge in [-0.15, -0.1) is 0 Å². The molecule has 2 heterocycles. The Bertz CT molecular complexity index is 711. The van der Waals surface area contributed by atoms with E-state index in [-0.39, 0.29) is 11.4 Å². The fourth-order valence-corrected chi connectivity index (χ4v) is 2.97. The molecule has 1 saturated heterocycles. The highest BCUT2D eigenvalue weighted by Crippen LogP contribution is 2.19. The number of halogens is 1. The van der Waals surface area contributed by atoms with Crippen LogP contribution in [0.1, 0.15) is 24.1 Å². The maximum Gasteiger partial charge on any atom is 0.270 e. The quantitative estimate of drug-likeness (QED) is 0.883. The van der Waals surface area contributed by atoms with Crippen LogP contribution in [0.5, 0.6) is 0 Å². The molecule has 0 aliphatic carbocycles. The fourth-order valence-electron chi connectivity index (χ4n) is 2.97. The molecule has 1 aromatic heterocycles. The molecular weight excluding hydrogens is 309 g/mol. The number of rotatable bonds is 6. The molecule has 5 nitrogen and oxygen atoms in total. The topological polar surface area (TPSA) is 58.2 Å². The highest BCUT2D eigenvalue weighted by atomic mass is 19.1. The van der Waals surface area contributed by atoms with E-state index >= 15 is 0 Å². The number of nitrogens with zero attached hydrogens (tertiary/aromatic N) is 2. The van der Waals surface area contributed by atoms with Gasteiger partial charge in [0, 0.05) is 31.1 Å². The van der Waals surface area contributed by atoms with E-state index < -0.39 is 0 Å². The van der Waals surface area contributed by atoms with Crippen LogP contribution >= 0.6 is 0 Å². The van der Waals surface area contributed by atoms with Crippen LogP contribution < -0.4 is 5.56 Å². The van der Waals surface area contributed by atoms with Crippen molar-refractivity contribution in [1.82, 2.24) is 14.9 Å². The summed E-state index contributed by atoms with van der Waals surface area (Å²) < 4.78 is 19.2. The first-order valence-corrected chi connectivity index (χ1v) is 8.28. The number of aromatic amines is 1. The minimum atomic E-state index is -0.215. The minimum Gasteiger partial charge on any atom is -0.376 e. The van der Waals surface area contributed by atoms with Gasteiger partial charge in [-0.2, -0.15) is 0 Å². The number of likely N-dealkylation sites (tertiary alicyclic amines) is 1. The van der Waals surface area contributed by atoms with Crippen molar-refractivity contribution >= 4 is 0 Å². The summed E-state index contributed by atoms with van der Waals surface area (Å²) in [5, 5.41) is 0. The standard InChI is InChI=1S/C18H22FN3O2/c19-16-4-2-1-3-15(16)13-24-12-14-5-9-22(10-6-14)11-17-18(23)21-8-7-20-17/h1-4,7-8,14H,5-6,9-13H2,(H,21,23). The molecule has 0 radical (unpaired) electrons. The summed E-state index contributed by atoms with van der Waals surface area (Å²) in [5.41, 5.74) is 1.05. The second-order valence-electron chi connectivity index (χ2n) is 6.19. The normalized spacial score (nSPS) is 16.4. The van der Waals surface area contributed by atoms with Crippen LogP contribution in [0, 0.1) is 11.7 Å². The summed E-state index contributed by atoms with van der Waals surface area (Å²) in [6, 6.07) is 6.71. The van der Waals surface area contributed by atoms with Gasteiger partial charge in [0.05, 0.1) is 6.61 Å². The first-order chi connectivity index (χ1) is 11.7. The van der Waals surface area contributed by atoms with E-state index in [1.807, 2.05) is 6.07 Å². The number of aromatic nitrogens is 2. The molecule has 1 N–H and O–H groups in total. The number of ether oxygens (including phenoxy) is 1. The predicted molar refractivity (Wildman–Crippen MR) is 88.9 cm³/mol. The lowest BCUT2D eigenvalue weighted by Gasteiger charge is -2.31. The van der Waals surface area contributed by atoms with E-state index in [1.54, 1.807) is 24.5 Å². The fraction of sp³-hybridized carbons (Fsp3) is 0.444. The van der Waals surface area contributed by atoms with E-state index in [9.17, 15) is 9.18 Å². The molecule has 0 bridgehead atoms. The van der Waals surface area contributed by atoms with Crippen LogP contribution in [0.25, 0.3) is 0 Å². The van der Waals surface area contributed by atoms with Gasteiger partial charge in [-0.05, 0) is 37.9 Å². The van der Waals surface area contributed by atoms with Crippen molar-refractivity contribution in [3.05, 3.63) is 64.1 Å². The van der Waals surface area contributed by atoms with Crippen LogP contribution in [0.3, 0.4) is 0 Å². The molecule has 1 aliphatic rings. The second kappa shape index (κ2) is 8.17. The van der Waals surface area contributed by atoms with Crippen LogP contribution in [-0.4, -0.2) is 34.6 Å². The maximum absolute atomic E-state index is 13.5. The van der Waals surface area contributed by atoms with Crippen molar-refractivity contribution in [2.45, 2.75) is 26.0 Å². The van der Waals surface area contributed by atoms with Gasteiger partial charge in [-0.3, -0.25) is 14.7 Å². The third-order valence-electron chi connectivity index (χ3n) is 4.43. The molecule has 6 heteroatoms. The van der Waals surface area contributed by atoms with Crippen molar-refractivity contribution in [3.63, 3.8) is 0 Å². The zero-order valence-corrected chi connectivity index (χ0v) is 13.6. The predicted octanol–water partition coefficient (Wildman–Crippen LogP) is 2.34. The van der Waals surface area contributed by atoms with Gasteiger partial charge in [-0.25, -0.2) is 4.39 Å². The Kier molecular flexibility index (Phi) is 5.72. The van der Waals surface area contributed by atoms with Crippen LogP contribution in [0.15, 0.2) is 41.5 Å². The van der Waals surface area contributed by atoms with E-state index in [1.165, 1.54) is 6.07 Å². The third kappa shape index (κ3) is 4.49. The monoisotopic (exact) mass is 331 g/mol. The molecule has 3 rings (SSSR count). The van der Waals surface area contributed by atoms with Crippen LogP contribution in [-0.2, 0) is 17.9 Å². The Labute approximate surface area is 140 Å². The molecule has 1 fully saturated rings. The Morgan fingerprint density at radius 1 is 1.29 bits per heavy atom. The van der Waals surface area contributed by atoms with E-state index in [0.29, 0.717) is 36.9 Å². The number of nitrogens with one attached hydrogen (secondary N) is 1. The Morgan fingerprint density at radius 2 is 2.08 bits per heavy atom. The summed E-state index contributed by atoms with van der Waals surface area (Å²) in [6.07, 6.45) is 5.19. The van der Waals surface area contributed by atoms with Gasteiger partial charge in [0.1, 0.15) is 11.5 Å². The zero-order valence-electron chi connectivity index (χ0n) is 13.6. The largest absolute Gasteiger partial charge is 0.376 e. The van der Waals surface area contributed by atoms with Crippen molar-refractivity contribution in [3.8, 4) is 0 Å². The Hall–Kier alpha value is -2.05. The highest BCUT2D eigenvalue weighted by Gasteiger charge is 2.20. The molecule has 2 aromatic rings. The molecule has 1 aliphatic heterocycles. The molecule has 0 amide bonds. The van der Waals surface area contributed by atoms with Gasteiger partial charge >= 0.3 is 0 Å². The molecule has 0 atom stereocenters. The number of hydrogen-bond acceptors (Lipinski definition) is 4. The van der Waals surface area contributed by atoms with Gasteiger partial charge < -0.3 is 9.72 Å². The van der Waals surface area contributed by atoms with Crippen molar-refractivity contribution in [2.75, 3.05) is 19.7 Å². The zero-order chi connectivity index (χ0) is 16.8. The molecule has 0 saturated carbocycles. The third-order valence-corrected chi connectivity index (χ3v) is 4.43. The van der Waals surface area contributed by atoms with Crippen molar-refractivity contribution < 1.29 is 9.13 Å². The van der Waals surface area contributed by atoms with Crippen molar-refractivity contribution in [2.24, 2.45) is 5.92 Å². The first kappa shape index (κ1) is 16.8. The van der Waals surface area contributed by atoms with E-state index in [2.05, 4.69) is 14.9 Å². The van der Waals surface area contributed by atoms with Gasteiger partial charge in [0.2, 0.25) is 0 Å². The summed E-state index contributed by atoms with van der Waals surface area (Å²) in [5.74, 6) is 0.267. The number of piperidine rings is 1. The SMILES string of the molecule is O=c1[nH]ccnc1CN1CCC(COCc2ccccc2F)CC1. The molecule has 24 heavy (non-hydrogen) atoms. The van der Waals surface area contributed by atoms with Crippen molar-refractivity contribution in [1.29, 1.82) is 0 Å². The van der Waals surface area contributed by atoms with E-state index in [4.69, 9.17) is 4.74 Å². The molecule has 1 aromatic carbocycles. The Balaban J connectivity index is 1.40. The minimum absolute atomic E-state index is 0.118. The second-order valence-corrected chi connectivity index (χ2v) is 6.19. The smallest absolute Gasteiger partial charge is 0.270 e. The van der Waals surface area contributed by atoms with Gasteiger partial charge in [0.25, 0.3) is 5.56 Å². The average molecular weight is 331 g/mol. The lowest BCUT2D eigenvalue weighted by molar-refractivity contribution is 0.0547. The lowest BCUT2D eigenvalue weighted by atomic mass is 9.97.